The third-order valence-electron chi connectivity index (χ3n) is 4.44. The molecule has 0 amide bonds. The second kappa shape index (κ2) is 5.99. The number of aryl methyl sites for hydroxylation is 1. The highest BCUT2D eigenvalue weighted by molar-refractivity contribution is 5.69. The average molecular weight is 304 g/mol. The van der Waals surface area contributed by atoms with E-state index in [2.05, 4.69) is 10.2 Å². The molecule has 1 aliphatic rings. The Morgan fingerprint density at radius 3 is 2.36 bits per heavy atom. The van der Waals surface area contributed by atoms with E-state index < -0.39 is 17.2 Å². The number of aromatic amines is 1. The Bertz CT molecular complexity index is 729. The number of hydrogen-bond donors (Lipinski definition) is 1. The summed E-state index contributed by atoms with van der Waals surface area (Å²) in [6.45, 7) is 1.78. The van der Waals surface area contributed by atoms with E-state index in [4.69, 9.17) is 0 Å². The molecule has 3 rings (SSSR count). The fourth-order valence-corrected chi connectivity index (χ4v) is 3.43. The largest absolute Gasteiger partial charge is 0.272 e. The highest BCUT2D eigenvalue weighted by Gasteiger charge is 2.26. The second-order valence-corrected chi connectivity index (χ2v) is 5.86. The van der Waals surface area contributed by atoms with Crippen LogP contribution in [0.2, 0.25) is 0 Å². The van der Waals surface area contributed by atoms with Gasteiger partial charge in [-0.1, -0.05) is 25.3 Å². The summed E-state index contributed by atoms with van der Waals surface area (Å²) in [5.41, 5.74) is 0.677. The molecular weight excluding hydrogens is 286 g/mol. The number of benzene rings is 1. The van der Waals surface area contributed by atoms with Crippen LogP contribution >= 0.6 is 0 Å². The molecule has 1 N–H and O–H groups in total. The van der Waals surface area contributed by atoms with Gasteiger partial charge >= 0.3 is 0 Å². The third kappa shape index (κ3) is 2.56. The van der Waals surface area contributed by atoms with E-state index >= 15 is 0 Å². The molecule has 3 nitrogen and oxygen atoms in total. The Labute approximate surface area is 127 Å². The van der Waals surface area contributed by atoms with Gasteiger partial charge in [0.1, 0.15) is 11.6 Å². The SMILES string of the molecule is Cc1n[nH]c(=O)c(-c2c(F)cccc2F)c1C1CCCCC1. The lowest BCUT2D eigenvalue weighted by molar-refractivity contribution is 0.440. The molecule has 0 radical (unpaired) electrons. The summed E-state index contributed by atoms with van der Waals surface area (Å²) in [6, 6.07) is 3.66. The summed E-state index contributed by atoms with van der Waals surface area (Å²) in [6.07, 6.45) is 5.14. The van der Waals surface area contributed by atoms with Crippen molar-refractivity contribution in [3.05, 3.63) is 51.4 Å². The molecule has 116 valence electrons. The first-order valence-corrected chi connectivity index (χ1v) is 7.63. The van der Waals surface area contributed by atoms with Crippen LogP contribution in [0.25, 0.3) is 11.1 Å². The lowest BCUT2D eigenvalue weighted by Crippen LogP contribution is -2.20. The van der Waals surface area contributed by atoms with E-state index in [1.807, 2.05) is 0 Å². The molecule has 0 atom stereocenters. The van der Waals surface area contributed by atoms with Crippen LogP contribution in [0, 0.1) is 18.6 Å². The maximum atomic E-state index is 14.2. The number of nitrogens with one attached hydrogen (secondary N) is 1. The Hall–Kier alpha value is -2.04. The predicted molar refractivity (Wildman–Crippen MR) is 80.8 cm³/mol. The van der Waals surface area contributed by atoms with Crippen molar-refractivity contribution in [3.63, 3.8) is 0 Å². The standard InChI is InChI=1S/C17H18F2N2O/c1-10-14(11-6-3-2-4-7-11)16(17(22)21-20-10)15-12(18)8-5-9-13(15)19/h5,8-9,11H,2-4,6-7H2,1H3,(H,21,22). The molecule has 0 saturated heterocycles. The van der Waals surface area contributed by atoms with Gasteiger partial charge in [0, 0.05) is 0 Å². The van der Waals surface area contributed by atoms with Gasteiger partial charge in [0.05, 0.1) is 16.8 Å². The zero-order chi connectivity index (χ0) is 15.7. The Morgan fingerprint density at radius 1 is 1.09 bits per heavy atom. The van der Waals surface area contributed by atoms with E-state index in [-0.39, 0.29) is 17.0 Å². The van der Waals surface area contributed by atoms with Crippen molar-refractivity contribution in [2.45, 2.75) is 44.9 Å². The molecular formula is C17H18F2N2O. The molecule has 0 bridgehead atoms. The van der Waals surface area contributed by atoms with Gasteiger partial charge in [-0.2, -0.15) is 5.10 Å². The van der Waals surface area contributed by atoms with Gasteiger partial charge < -0.3 is 0 Å². The molecule has 5 heteroatoms. The van der Waals surface area contributed by atoms with Gasteiger partial charge in [-0.25, -0.2) is 13.9 Å². The van der Waals surface area contributed by atoms with Crippen LogP contribution in [0.15, 0.2) is 23.0 Å². The normalized spacial score (nSPS) is 16.0. The van der Waals surface area contributed by atoms with Crippen molar-refractivity contribution in [2.75, 3.05) is 0 Å². The number of halogens is 2. The maximum Gasteiger partial charge on any atom is 0.272 e. The number of aromatic nitrogens is 2. The van der Waals surface area contributed by atoms with Crippen LogP contribution in [0.3, 0.4) is 0 Å². The van der Waals surface area contributed by atoms with Crippen molar-refractivity contribution in [2.24, 2.45) is 0 Å². The lowest BCUT2D eigenvalue weighted by atomic mass is 9.80. The molecule has 22 heavy (non-hydrogen) atoms. The van der Waals surface area contributed by atoms with E-state index in [9.17, 15) is 13.6 Å². The Morgan fingerprint density at radius 2 is 1.73 bits per heavy atom. The average Bonchev–Trinajstić information content (AvgIpc) is 2.51. The van der Waals surface area contributed by atoms with Crippen LogP contribution < -0.4 is 5.56 Å². The highest BCUT2D eigenvalue weighted by atomic mass is 19.1. The minimum absolute atomic E-state index is 0.106. The third-order valence-corrected chi connectivity index (χ3v) is 4.44. The summed E-state index contributed by atoms with van der Waals surface area (Å²) >= 11 is 0. The zero-order valence-electron chi connectivity index (χ0n) is 12.5. The van der Waals surface area contributed by atoms with Crippen LogP contribution in [-0.2, 0) is 0 Å². The molecule has 1 fully saturated rings. The number of nitrogens with zero attached hydrogens (tertiary/aromatic N) is 1. The number of rotatable bonds is 2. The van der Waals surface area contributed by atoms with Gasteiger partial charge in [0.25, 0.3) is 5.56 Å². The monoisotopic (exact) mass is 304 g/mol. The predicted octanol–water partition coefficient (Wildman–Crippen LogP) is 4.07. The molecule has 1 heterocycles. The van der Waals surface area contributed by atoms with E-state index in [1.165, 1.54) is 18.2 Å². The van der Waals surface area contributed by atoms with Gasteiger partial charge in [-0.15, -0.1) is 0 Å². The van der Waals surface area contributed by atoms with E-state index in [1.54, 1.807) is 6.92 Å². The highest BCUT2D eigenvalue weighted by Crippen LogP contribution is 2.38. The summed E-state index contributed by atoms with van der Waals surface area (Å²) in [5, 5.41) is 6.38. The van der Waals surface area contributed by atoms with Gasteiger partial charge in [0.15, 0.2) is 0 Å². The first kappa shape index (κ1) is 14.9. The fourth-order valence-electron chi connectivity index (χ4n) is 3.43. The quantitative estimate of drug-likeness (QED) is 0.909. The van der Waals surface area contributed by atoms with Crippen molar-refractivity contribution in [1.29, 1.82) is 0 Å². The molecule has 1 saturated carbocycles. The second-order valence-electron chi connectivity index (χ2n) is 5.86. The molecule has 2 aromatic rings. The van der Waals surface area contributed by atoms with Crippen molar-refractivity contribution in [1.82, 2.24) is 10.2 Å². The van der Waals surface area contributed by atoms with Gasteiger partial charge in [0.2, 0.25) is 0 Å². The minimum atomic E-state index is -0.715. The van der Waals surface area contributed by atoms with E-state index in [0.29, 0.717) is 11.3 Å². The fraction of sp³-hybridized carbons (Fsp3) is 0.412. The molecule has 1 aromatic heterocycles. The van der Waals surface area contributed by atoms with Crippen molar-refractivity contribution >= 4 is 0 Å². The summed E-state index contributed by atoms with van der Waals surface area (Å²) in [4.78, 5) is 12.3. The summed E-state index contributed by atoms with van der Waals surface area (Å²) in [7, 11) is 0. The molecule has 1 aromatic carbocycles. The maximum absolute atomic E-state index is 14.2. The first-order valence-electron chi connectivity index (χ1n) is 7.63. The molecule has 0 unspecified atom stereocenters. The van der Waals surface area contributed by atoms with Crippen molar-refractivity contribution in [3.8, 4) is 11.1 Å². The summed E-state index contributed by atoms with van der Waals surface area (Å²) in [5.74, 6) is -1.29. The van der Waals surface area contributed by atoms with Gasteiger partial charge in [-0.3, -0.25) is 4.79 Å². The molecule has 1 aliphatic carbocycles. The summed E-state index contributed by atoms with van der Waals surface area (Å²) < 4.78 is 28.4. The smallest absolute Gasteiger partial charge is 0.267 e. The van der Waals surface area contributed by atoms with Crippen LogP contribution in [0.1, 0.15) is 49.3 Å². The first-order chi connectivity index (χ1) is 10.6. The Balaban J connectivity index is 2.27. The number of hydrogen-bond acceptors (Lipinski definition) is 2. The minimum Gasteiger partial charge on any atom is -0.267 e. The lowest BCUT2D eigenvalue weighted by Gasteiger charge is -2.25. The molecule has 0 aliphatic heterocycles. The topological polar surface area (TPSA) is 45.8 Å². The van der Waals surface area contributed by atoms with Crippen molar-refractivity contribution < 1.29 is 8.78 Å². The van der Waals surface area contributed by atoms with E-state index in [0.717, 1.165) is 32.1 Å². The number of H-pyrrole nitrogens is 1. The Kier molecular flexibility index (Phi) is 4.05. The van der Waals surface area contributed by atoms with Crippen LogP contribution in [0.5, 0.6) is 0 Å². The molecule has 0 spiro atoms. The van der Waals surface area contributed by atoms with Crippen LogP contribution in [-0.4, -0.2) is 10.2 Å². The zero-order valence-corrected chi connectivity index (χ0v) is 12.5. The van der Waals surface area contributed by atoms with Gasteiger partial charge in [-0.05, 0) is 43.4 Å². The van der Waals surface area contributed by atoms with Crippen LogP contribution in [0.4, 0.5) is 8.78 Å².